The Bertz CT molecular complexity index is 361. The van der Waals surface area contributed by atoms with E-state index in [0.717, 1.165) is 30.9 Å². The van der Waals surface area contributed by atoms with Gasteiger partial charge in [-0.2, -0.15) is 0 Å². The Morgan fingerprint density at radius 2 is 2.27 bits per heavy atom. The summed E-state index contributed by atoms with van der Waals surface area (Å²) in [6.07, 6.45) is 2.17. The van der Waals surface area contributed by atoms with Crippen LogP contribution in [-0.4, -0.2) is 23.2 Å². The topological polar surface area (TPSA) is 71.2 Å². The molecule has 1 aromatic heterocycles. The van der Waals surface area contributed by atoms with Gasteiger partial charge in [0.15, 0.2) is 0 Å². The molecular formula is C11H17N3O. The Hall–Kier alpha value is -1.29. The lowest BCUT2D eigenvalue weighted by molar-refractivity contribution is 0.219. The SMILES string of the molecule is Cc1ccc(N)c(NCC2(CO)CC2)n1. The molecule has 0 aromatic carbocycles. The highest BCUT2D eigenvalue weighted by molar-refractivity contribution is 5.61. The molecule has 1 aromatic rings. The number of nitrogens with one attached hydrogen (secondary N) is 1. The zero-order chi connectivity index (χ0) is 10.9. The molecule has 0 radical (unpaired) electrons. The van der Waals surface area contributed by atoms with Crippen molar-refractivity contribution in [3.05, 3.63) is 17.8 Å². The van der Waals surface area contributed by atoms with E-state index < -0.39 is 0 Å². The number of nitrogens with zero attached hydrogens (tertiary/aromatic N) is 1. The Morgan fingerprint density at radius 1 is 1.53 bits per heavy atom. The van der Waals surface area contributed by atoms with Crippen molar-refractivity contribution in [2.75, 3.05) is 24.2 Å². The number of aliphatic hydroxyl groups is 1. The van der Waals surface area contributed by atoms with Crippen LogP contribution in [0.4, 0.5) is 11.5 Å². The van der Waals surface area contributed by atoms with Gasteiger partial charge < -0.3 is 16.2 Å². The standard InChI is InChI=1S/C11H17N3O/c1-8-2-3-9(12)10(14-8)13-6-11(7-15)4-5-11/h2-3,15H,4-7,12H2,1H3,(H,13,14). The van der Waals surface area contributed by atoms with Gasteiger partial charge >= 0.3 is 0 Å². The van der Waals surface area contributed by atoms with Gasteiger partial charge in [-0.3, -0.25) is 0 Å². The first-order valence-corrected chi connectivity index (χ1v) is 5.23. The van der Waals surface area contributed by atoms with Crippen LogP contribution in [0, 0.1) is 12.3 Å². The Morgan fingerprint density at radius 3 is 2.87 bits per heavy atom. The van der Waals surface area contributed by atoms with Crippen molar-refractivity contribution < 1.29 is 5.11 Å². The molecule has 0 unspecified atom stereocenters. The van der Waals surface area contributed by atoms with Crippen molar-refractivity contribution in [1.82, 2.24) is 4.98 Å². The largest absolute Gasteiger partial charge is 0.396 e. The maximum absolute atomic E-state index is 9.17. The molecule has 1 fully saturated rings. The van der Waals surface area contributed by atoms with E-state index in [9.17, 15) is 0 Å². The van der Waals surface area contributed by atoms with Crippen LogP contribution in [0.5, 0.6) is 0 Å². The maximum atomic E-state index is 9.17. The van der Waals surface area contributed by atoms with Crippen LogP contribution < -0.4 is 11.1 Å². The van der Waals surface area contributed by atoms with Crippen molar-refractivity contribution in [2.45, 2.75) is 19.8 Å². The molecular weight excluding hydrogens is 190 g/mol. The molecule has 82 valence electrons. The number of nitrogens with two attached hydrogens (primary N) is 1. The number of aliphatic hydroxyl groups excluding tert-OH is 1. The minimum Gasteiger partial charge on any atom is -0.396 e. The van der Waals surface area contributed by atoms with Crippen molar-refractivity contribution >= 4 is 11.5 Å². The fourth-order valence-electron chi connectivity index (χ4n) is 1.55. The molecule has 0 spiro atoms. The van der Waals surface area contributed by atoms with Crippen molar-refractivity contribution in [3.8, 4) is 0 Å². The predicted octanol–water partition coefficient (Wildman–Crippen LogP) is 1.16. The molecule has 4 N–H and O–H groups in total. The number of pyridine rings is 1. The average Bonchev–Trinajstić information content (AvgIpc) is 3.00. The fourth-order valence-corrected chi connectivity index (χ4v) is 1.55. The van der Waals surface area contributed by atoms with Crippen molar-refractivity contribution in [2.24, 2.45) is 5.41 Å². The highest BCUT2D eigenvalue weighted by Gasteiger charge is 2.41. The third kappa shape index (κ3) is 2.21. The molecule has 0 aliphatic heterocycles. The molecule has 1 aliphatic rings. The molecule has 1 saturated carbocycles. The third-order valence-corrected chi connectivity index (χ3v) is 2.99. The summed E-state index contributed by atoms with van der Waals surface area (Å²) in [5.74, 6) is 0.731. The highest BCUT2D eigenvalue weighted by atomic mass is 16.3. The van der Waals surface area contributed by atoms with Crippen LogP contribution >= 0.6 is 0 Å². The lowest BCUT2D eigenvalue weighted by atomic mass is 10.1. The molecule has 1 aliphatic carbocycles. The summed E-state index contributed by atoms with van der Waals surface area (Å²) in [6.45, 7) is 2.93. The summed E-state index contributed by atoms with van der Waals surface area (Å²) in [5, 5.41) is 12.4. The summed E-state index contributed by atoms with van der Waals surface area (Å²) in [5.41, 5.74) is 7.48. The van der Waals surface area contributed by atoms with E-state index in [0.29, 0.717) is 5.69 Å². The first-order chi connectivity index (χ1) is 7.15. The zero-order valence-electron chi connectivity index (χ0n) is 8.95. The van der Waals surface area contributed by atoms with Crippen molar-refractivity contribution in [1.29, 1.82) is 0 Å². The van der Waals surface area contributed by atoms with Gasteiger partial charge in [0.2, 0.25) is 0 Å². The number of hydrogen-bond donors (Lipinski definition) is 3. The number of aromatic nitrogens is 1. The minimum atomic E-state index is 0.0812. The summed E-state index contributed by atoms with van der Waals surface area (Å²) in [7, 11) is 0. The van der Waals surface area contributed by atoms with E-state index in [4.69, 9.17) is 10.8 Å². The fraction of sp³-hybridized carbons (Fsp3) is 0.545. The number of hydrogen-bond acceptors (Lipinski definition) is 4. The molecule has 0 amide bonds. The monoisotopic (exact) mass is 207 g/mol. The van der Waals surface area contributed by atoms with Crippen LogP contribution in [0.15, 0.2) is 12.1 Å². The number of rotatable bonds is 4. The van der Waals surface area contributed by atoms with Gasteiger partial charge in [0.05, 0.1) is 12.3 Å². The smallest absolute Gasteiger partial charge is 0.149 e. The molecule has 0 saturated heterocycles. The van der Waals surface area contributed by atoms with Crippen LogP contribution in [0.1, 0.15) is 18.5 Å². The molecule has 0 bridgehead atoms. The number of nitrogen functional groups attached to an aromatic ring is 1. The maximum Gasteiger partial charge on any atom is 0.149 e. The second-order valence-corrected chi connectivity index (χ2v) is 4.40. The summed E-state index contributed by atoms with van der Waals surface area (Å²) in [4.78, 5) is 4.32. The molecule has 4 nitrogen and oxygen atoms in total. The lowest BCUT2D eigenvalue weighted by Crippen LogP contribution is -2.20. The van der Waals surface area contributed by atoms with E-state index in [2.05, 4.69) is 10.3 Å². The summed E-state index contributed by atoms with van der Waals surface area (Å²) < 4.78 is 0. The van der Waals surface area contributed by atoms with Crippen LogP contribution in [0.3, 0.4) is 0 Å². The number of anilines is 2. The summed E-state index contributed by atoms with van der Waals surface area (Å²) in [6, 6.07) is 3.74. The van der Waals surface area contributed by atoms with Crippen LogP contribution in [0.25, 0.3) is 0 Å². The van der Waals surface area contributed by atoms with Gasteiger partial charge in [-0.05, 0) is 31.9 Å². The van der Waals surface area contributed by atoms with E-state index in [-0.39, 0.29) is 12.0 Å². The Balaban J connectivity index is 2.01. The first kappa shape index (κ1) is 10.2. The van der Waals surface area contributed by atoms with Gasteiger partial charge in [-0.1, -0.05) is 0 Å². The van der Waals surface area contributed by atoms with E-state index >= 15 is 0 Å². The van der Waals surface area contributed by atoms with E-state index in [1.165, 1.54) is 0 Å². The normalized spacial score (nSPS) is 17.5. The van der Waals surface area contributed by atoms with E-state index in [1.54, 1.807) is 0 Å². The van der Waals surface area contributed by atoms with E-state index in [1.807, 2.05) is 19.1 Å². The second kappa shape index (κ2) is 3.70. The van der Waals surface area contributed by atoms with Crippen molar-refractivity contribution in [3.63, 3.8) is 0 Å². The highest BCUT2D eigenvalue weighted by Crippen LogP contribution is 2.45. The molecule has 0 atom stereocenters. The lowest BCUT2D eigenvalue weighted by Gasteiger charge is -2.14. The molecule has 15 heavy (non-hydrogen) atoms. The third-order valence-electron chi connectivity index (χ3n) is 2.99. The van der Waals surface area contributed by atoms with Gasteiger partial charge in [0.25, 0.3) is 0 Å². The molecule has 4 heteroatoms. The molecule has 2 rings (SSSR count). The van der Waals surface area contributed by atoms with Crippen LogP contribution in [-0.2, 0) is 0 Å². The quantitative estimate of drug-likeness (QED) is 0.692. The first-order valence-electron chi connectivity index (χ1n) is 5.23. The predicted molar refractivity (Wildman–Crippen MR) is 60.6 cm³/mol. The number of aryl methyl sites for hydroxylation is 1. The average molecular weight is 207 g/mol. The molecule has 1 heterocycles. The van der Waals surface area contributed by atoms with Gasteiger partial charge in [-0.15, -0.1) is 0 Å². The second-order valence-electron chi connectivity index (χ2n) is 4.40. The van der Waals surface area contributed by atoms with Gasteiger partial charge in [0, 0.05) is 17.7 Å². The Labute approximate surface area is 89.5 Å². The van der Waals surface area contributed by atoms with Gasteiger partial charge in [0.1, 0.15) is 5.82 Å². The minimum absolute atomic E-state index is 0.0812. The summed E-state index contributed by atoms with van der Waals surface area (Å²) >= 11 is 0. The van der Waals surface area contributed by atoms with Gasteiger partial charge in [-0.25, -0.2) is 4.98 Å². The van der Waals surface area contributed by atoms with Crippen LogP contribution in [0.2, 0.25) is 0 Å². The Kier molecular flexibility index (Phi) is 2.52. The zero-order valence-corrected chi connectivity index (χ0v) is 8.95.